The van der Waals surface area contributed by atoms with Gasteiger partial charge in [-0.05, 0) is 6.42 Å². The van der Waals surface area contributed by atoms with Crippen LogP contribution in [0.15, 0.2) is 17.3 Å². The summed E-state index contributed by atoms with van der Waals surface area (Å²) in [5, 5.41) is 9.06. The van der Waals surface area contributed by atoms with E-state index < -0.39 is 10.0 Å². The van der Waals surface area contributed by atoms with Crippen molar-refractivity contribution in [2.45, 2.75) is 82.6 Å². The third-order valence-electron chi connectivity index (χ3n) is 3.68. The molecule has 0 bridgehead atoms. The molecule has 0 aliphatic heterocycles. The van der Waals surface area contributed by atoms with E-state index in [1.54, 1.807) is 4.68 Å². The minimum Gasteiger partial charge on any atom is -0.271 e. The van der Waals surface area contributed by atoms with Crippen molar-refractivity contribution in [2.75, 3.05) is 0 Å². The summed E-state index contributed by atoms with van der Waals surface area (Å²) in [4.78, 5) is 0.0922. The zero-order valence-corrected chi connectivity index (χ0v) is 13.9. The second-order valence-corrected chi connectivity index (χ2v) is 7.23. The van der Waals surface area contributed by atoms with E-state index in [-0.39, 0.29) is 4.90 Å². The lowest BCUT2D eigenvalue weighted by molar-refractivity contribution is 0.515. The molecule has 1 aromatic rings. The number of primary sulfonamides is 1. The molecule has 0 aromatic carbocycles. The number of hydrogen-bond acceptors (Lipinski definition) is 3. The molecule has 0 amide bonds. The van der Waals surface area contributed by atoms with Crippen molar-refractivity contribution in [2.24, 2.45) is 5.14 Å². The standard InChI is InChI=1S/C15H29N3O2S/c1-2-3-4-5-6-7-8-9-10-11-12-18-14-15(13-17-18)21(16,19)20/h13-14H,2-12H2,1H3,(H2,16,19,20). The molecular formula is C15H29N3O2S. The van der Waals surface area contributed by atoms with Gasteiger partial charge in [-0.25, -0.2) is 13.6 Å². The van der Waals surface area contributed by atoms with Crippen LogP contribution in [-0.2, 0) is 16.6 Å². The van der Waals surface area contributed by atoms with Crippen LogP contribution >= 0.6 is 0 Å². The molecule has 0 atom stereocenters. The largest absolute Gasteiger partial charge is 0.271 e. The van der Waals surface area contributed by atoms with Crippen molar-refractivity contribution in [1.82, 2.24) is 9.78 Å². The van der Waals surface area contributed by atoms with Gasteiger partial charge < -0.3 is 0 Å². The minimum absolute atomic E-state index is 0.0922. The van der Waals surface area contributed by atoms with E-state index in [1.807, 2.05) is 0 Å². The fourth-order valence-electron chi connectivity index (χ4n) is 2.38. The van der Waals surface area contributed by atoms with Crippen molar-refractivity contribution in [1.29, 1.82) is 0 Å². The Balaban J connectivity index is 2.01. The third-order valence-corrected chi connectivity index (χ3v) is 4.55. The van der Waals surface area contributed by atoms with Gasteiger partial charge in [0.15, 0.2) is 0 Å². The summed E-state index contributed by atoms with van der Waals surface area (Å²) in [6.45, 7) is 3.00. The number of nitrogens with two attached hydrogens (primary N) is 1. The highest BCUT2D eigenvalue weighted by Crippen LogP contribution is 2.11. The van der Waals surface area contributed by atoms with E-state index >= 15 is 0 Å². The van der Waals surface area contributed by atoms with Crippen molar-refractivity contribution >= 4 is 10.0 Å². The monoisotopic (exact) mass is 315 g/mol. The van der Waals surface area contributed by atoms with Crippen LogP contribution in [0.4, 0.5) is 0 Å². The molecule has 5 nitrogen and oxygen atoms in total. The van der Waals surface area contributed by atoms with Crippen LogP contribution in [0.5, 0.6) is 0 Å². The van der Waals surface area contributed by atoms with Crippen LogP contribution in [0.25, 0.3) is 0 Å². The van der Waals surface area contributed by atoms with Gasteiger partial charge >= 0.3 is 0 Å². The molecule has 0 aliphatic rings. The summed E-state index contributed by atoms with van der Waals surface area (Å²) in [6, 6.07) is 0. The average Bonchev–Trinajstić information content (AvgIpc) is 2.90. The second kappa shape index (κ2) is 9.95. The van der Waals surface area contributed by atoms with Crippen molar-refractivity contribution in [3.8, 4) is 0 Å². The number of aryl methyl sites for hydroxylation is 1. The Morgan fingerprint density at radius 2 is 1.52 bits per heavy atom. The number of sulfonamides is 1. The van der Waals surface area contributed by atoms with E-state index in [0.717, 1.165) is 13.0 Å². The molecule has 1 heterocycles. The molecule has 0 saturated heterocycles. The molecular weight excluding hydrogens is 286 g/mol. The lowest BCUT2D eigenvalue weighted by Gasteiger charge is -2.03. The van der Waals surface area contributed by atoms with E-state index in [0.29, 0.717) is 0 Å². The number of unbranched alkanes of at least 4 members (excludes halogenated alkanes) is 9. The molecule has 1 rings (SSSR count). The van der Waals surface area contributed by atoms with Gasteiger partial charge in [-0.15, -0.1) is 0 Å². The van der Waals surface area contributed by atoms with Gasteiger partial charge in [-0.2, -0.15) is 5.10 Å². The first-order chi connectivity index (χ1) is 10.0. The molecule has 6 heteroatoms. The second-order valence-electron chi connectivity index (χ2n) is 5.67. The molecule has 21 heavy (non-hydrogen) atoms. The van der Waals surface area contributed by atoms with Crippen LogP contribution in [0.1, 0.15) is 71.1 Å². The average molecular weight is 315 g/mol. The normalized spacial score (nSPS) is 11.9. The molecule has 2 N–H and O–H groups in total. The zero-order chi connectivity index (χ0) is 15.6. The quantitative estimate of drug-likeness (QED) is 0.600. The first kappa shape index (κ1) is 18.2. The van der Waals surface area contributed by atoms with Crippen LogP contribution in [0.3, 0.4) is 0 Å². The molecule has 0 unspecified atom stereocenters. The maximum absolute atomic E-state index is 11.1. The molecule has 122 valence electrons. The van der Waals surface area contributed by atoms with E-state index in [1.165, 1.54) is 70.2 Å². The third kappa shape index (κ3) is 8.21. The Morgan fingerprint density at radius 3 is 2.00 bits per heavy atom. The summed E-state index contributed by atoms with van der Waals surface area (Å²) in [5.74, 6) is 0. The summed E-state index contributed by atoms with van der Waals surface area (Å²) in [6.07, 6.45) is 15.7. The fraction of sp³-hybridized carbons (Fsp3) is 0.800. The van der Waals surface area contributed by atoms with Gasteiger partial charge in [-0.1, -0.05) is 64.7 Å². The highest BCUT2D eigenvalue weighted by molar-refractivity contribution is 7.89. The highest BCUT2D eigenvalue weighted by atomic mass is 32.2. The maximum Gasteiger partial charge on any atom is 0.241 e. The SMILES string of the molecule is CCCCCCCCCCCCn1cc(S(N)(=O)=O)cn1. The molecule has 0 radical (unpaired) electrons. The molecule has 1 aromatic heterocycles. The van der Waals surface area contributed by atoms with Crippen LogP contribution in [-0.4, -0.2) is 18.2 Å². The molecule has 0 saturated carbocycles. The van der Waals surface area contributed by atoms with E-state index in [4.69, 9.17) is 5.14 Å². The molecule has 0 spiro atoms. The van der Waals surface area contributed by atoms with Crippen LogP contribution < -0.4 is 5.14 Å². The number of rotatable bonds is 12. The fourth-order valence-corrected chi connectivity index (χ4v) is 2.84. The minimum atomic E-state index is -3.62. The number of hydrogen-bond donors (Lipinski definition) is 1. The summed E-state index contributed by atoms with van der Waals surface area (Å²) in [7, 11) is -3.62. The Kier molecular flexibility index (Phi) is 8.61. The van der Waals surface area contributed by atoms with Crippen LogP contribution in [0.2, 0.25) is 0 Å². The van der Waals surface area contributed by atoms with Crippen molar-refractivity contribution in [3.63, 3.8) is 0 Å². The first-order valence-electron chi connectivity index (χ1n) is 8.09. The van der Waals surface area contributed by atoms with Gasteiger partial charge in [0.2, 0.25) is 10.0 Å². The predicted octanol–water partition coefficient (Wildman–Crippen LogP) is 3.45. The van der Waals surface area contributed by atoms with Crippen molar-refractivity contribution < 1.29 is 8.42 Å². The molecule has 0 aliphatic carbocycles. The Morgan fingerprint density at radius 1 is 1.00 bits per heavy atom. The van der Waals surface area contributed by atoms with E-state index in [2.05, 4.69) is 12.0 Å². The van der Waals surface area contributed by atoms with E-state index in [9.17, 15) is 8.42 Å². The lowest BCUT2D eigenvalue weighted by Crippen LogP contribution is -2.11. The summed E-state index contributed by atoms with van der Waals surface area (Å²) < 4.78 is 23.9. The smallest absolute Gasteiger partial charge is 0.241 e. The van der Waals surface area contributed by atoms with Gasteiger partial charge in [0.05, 0.1) is 6.20 Å². The van der Waals surface area contributed by atoms with Crippen LogP contribution in [0, 0.1) is 0 Å². The molecule has 0 fully saturated rings. The topological polar surface area (TPSA) is 78.0 Å². The predicted molar refractivity (Wildman–Crippen MR) is 85.4 cm³/mol. The zero-order valence-electron chi connectivity index (χ0n) is 13.1. The Labute approximate surface area is 129 Å². The lowest BCUT2D eigenvalue weighted by atomic mass is 10.1. The van der Waals surface area contributed by atoms with Gasteiger partial charge in [0.25, 0.3) is 0 Å². The first-order valence-corrected chi connectivity index (χ1v) is 9.64. The van der Waals surface area contributed by atoms with Crippen molar-refractivity contribution in [3.05, 3.63) is 12.4 Å². The Bertz CT molecular complexity index is 483. The summed E-state index contributed by atoms with van der Waals surface area (Å²) in [5.41, 5.74) is 0. The van der Waals surface area contributed by atoms with Gasteiger partial charge in [-0.3, -0.25) is 4.68 Å². The van der Waals surface area contributed by atoms with Gasteiger partial charge in [0, 0.05) is 12.7 Å². The highest BCUT2D eigenvalue weighted by Gasteiger charge is 2.09. The number of aromatic nitrogens is 2. The number of nitrogens with zero attached hydrogens (tertiary/aromatic N) is 2. The Hall–Kier alpha value is -0.880. The van der Waals surface area contributed by atoms with Gasteiger partial charge in [0.1, 0.15) is 4.90 Å². The maximum atomic E-state index is 11.1. The summed E-state index contributed by atoms with van der Waals surface area (Å²) >= 11 is 0.